The summed E-state index contributed by atoms with van der Waals surface area (Å²) >= 11 is 3.53. The molecule has 1 aliphatic heterocycles. The zero-order valence-corrected chi connectivity index (χ0v) is 13.6. The number of hydrogen-bond acceptors (Lipinski definition) is 2. The molecule has 0 bridgehead atoms. The van der Waals surface area contributed by atoms with Gasteiger partial charge in [-0.05, 0) is 54.9 Å². The van der Waals surface area contributed by atoms with Crippen LogP contribution in [0, 0.1) is 11.8 Å². The number of anilines is 1. The highest BCUT2D eigenvalue weighted by Crippen LogP contribution is 2.30. The Morgan fingerprint density at radius 3 is 2.79 bits per heavy atom. The average Bonchev–Trinajstić information content (AvgIpc) is 2.64. The molecule has 1 aromatic carbocycles. The van der Waals surface area contributed by atoms with Crippen LogP contribution >= 0.6 is 15.9 Å². The summed E-state index contributed by atoms with van der Waals surface area (Å²) in [5, 5.41) is 0. The lowest BCUT2D eigenvalue weighted by Crippen LogP contribution is -2.26. The molecule has 1 atom stereocenters. The van der Waals surface area contributed by atoms with E-state index in [1.165, 1.54) is 30.5 Å². The van der Waals surface area contributed by atoms with E-state index in [1.54, 1.807) is 0 Å². The first-order valence-electron chi connectivity index (χ1n) is 7.35. The first kappa shape index (κ1) is 14.9. The van der Waals surface area contributed by atoms with Crippen molar-refractivity contribution in [2.24, 2.45) is 17.6 Å². The van der Waals surface area contributed by atoms with Crippen LogP contribution in [0.5, 0.6) is 0 Å². The number of rotatable bonds is 3. The van der Waals surface area contributed by atoms with Gasteiger partial charge in [0.25, 0.3) is 0 Å². The largest absolute Gasteiger partial charge is 0.371 e. The Morgan fingerprint density at radius 1 is 1.32 bits per heavy atom. The number of hydrogen-bond donors (Lipinski definition) is 1. The van der Waals surface area contributed by atoms with Gasteiger partial charge in [0.2, 0.25) is 0 Å². The Morgan fingerprint density at radius 2 is 2.11 bits per heavy atom. The minimum atomic E-state index is 0.610. The Hall–Kier alpha value is -0.540. The lowest BCUT2D eigenvalue weighted by molar-refractivity contribution is 0.351. The summed E-state index contributed by atoms with van der Waals surface area (Å²) in [5.41, 5.74) is 8.47. The molecule has 1 heterocycles. The molecule has 2 nitrogen and oxygen atoms in total. The molecule has 106 valence electrons. The highest BCUT2D eigenvalue weighted by Gasteiger charge is 2.20. The molecule has 2 rings (SSSR count). The van der Waals surface area contributed by atoms with E-state index in [0.29, 0.717) is 6.54 Å². The summed E-state index contributed by atoms with van der Waals surface area (Å²) in [5.74, 6) is 1.68. The van der Waals surface area contributed by atoms with Crippen molar-refractivity contribution in [3.05, 3.63) is 28.2 Å². The van der Waals surface area contributed by atoms with E-state index in [0.717, 1.165) is 29.4 Å². The molecule has 0 saturated carbocycles. The van der Waals surface area contributed by atoms with Gasteiger partial charge in [-0.2, -0.15) is 0 Å². The predicted octanol–water partition coefficient (Wildman–Crippen LogP) is 4.17. The van der Waals surface area contributed by atoms with Gasteiger partial charge in [-0.1, -0.05) is 29.8 Å². The van der Waals surface area contributed by atoms with Crippen LogP contribution in [0.15, 0.2) is 22.7 Å². The van der Waals surface area contributed by atoms with Crippen LogP contribution in [0.2, 0.25) is 0 Å². The van der Waals surface area contributed by atoms with Crippen LogP contribution in [0.25, 0.3) is 0 Å². The second kappa shape index (κ2) is 6.76. The lowest BCUT2D eigenvalue weighted by Gasteiger charge is -2.26. The van der Waals surface area contributed by atoms with Gasteiger partial charge in [0.15, 0.2) is 0 Å². The van der Waals surface area contributed by atoms with Crippen molar-refractivity contribution in [2.45, 2.75) is 39.7 Å². The summed E-state index contributed by atoms with van der Waals surface area (Å²) in [4.78, 5) is 2.52. The fraction of sp³-hybridized carbons (Fsp3) is 0.625. The van der Waals surface area contributed by atoms with Gasteiger partial charge in [0.1, 0.15) is 0 Å². The third-order valence-electron chi connectivity index (χ3n) is 4.32. The second-order valence-electron chi connectivity index (χ2n) is 5.90. The molecule has 1 saturated heterocycles. The minimum absolute atomic E-state index is 0.610. The van der Waals surface area contributed by atoms with E-state index in [9.17, 15) is 0 Å². The second-order valence-corrected chi connectivity index (χ2v) is 6.81. The van der Waals surface area contributed by atoms with E-state index in [-0.39, 0.29) is 0 Å². The smallest absolute Gasteiger partial charge is 0.0412 e. The van der Waals surface area contributed by atoms with Gasteiger partial charge < -0.3 is 10.6 Å². The van der Waals surface area contributed by atoms with Crippen LogP contribution in [0.4, 0.5) is 5.69 Å². The first-order chi connectivity index (χ1) is 9.11. The van der Waals surface area contributed by atoms with Crippen LogP contribution in [-0.2, 0) is 6.54 Å². The molecule has 0 radical (unpaired) electrons. The normalized spacial score (nSPS) is 20.7. The molecule has 0 aromatic heterocycles. The van der Waals surface area contributed by atoms with Crippen LogP contribution < -0.4 is 10.6 Å². The lowest BCUT2D eigenvalue weighted by atomic mass is 9.89. The maximum Gasteiger partial charge on any atom is 0.0412 e. The molecule has 2 N–H and O–H groups in total. The van der Waals surface area contributed by atoms with Crippen molar-refractivity contribution in [3.8, 4) is 0 Å². The van der Waals surface area contributed by atoms with Gasteiger partial charge in [-0.3, -0.25) is 0 Å². The SMILES string of the molecule is CC(C)C1CCCN(c2ccc(Br)cc2CN)CC1. The average molecular weight is 325 g/mol. The summed E-state index contributed by atoms with van der Waals surface area (Å²) in [6, 6.07) is 6.49. The molecular weight excluding hydrogens is 300 g/mol. The molecule has 0 aliphatic carbocycles. The van der Waals surface area contributed by atoms with E-state index >= 15 is 0 Å². The van der Waals surface area contributed by atoms with Crippen molar-refractivity contribution >= 4 is 21.6 Å². The predicted molar refractivity (Wildman–Crippen MR) is 86.4 cm³/mol. The first-order valence-corrected chi connectivity index (χ1v) is 8.14. The zero-order chi connectivity index (χ0) is 13.8. The highest BCUT2D eigenvalue weighted by molar-refractivity contribution is 9.10. The number of halogens is 1. The van der Waals surface area contributed by atoms with E-state index in [4.69, 9.17) is 5.73 Å². The monoisotopic (exact) mass is 324 g/mol. The number of nitrogens with two attached hydrogens (primary N) is 1. The van der Waals surface area contributed by atoms with Gasteiger partial charge in [-0.15, -0.1) is 0 Å². The van der Waals surface area contributed by atoms with Crippen LogP contribution in [0.3, 0.4) is 0 Å². The van der Waals surface area contributed by atoms with Gasteiger partial charge >= 0.3 is 0 Å². The fourth-order valence-corrected chi connectivity index (χ4v) is 3.46. The van der Waals surface area contributed by atoms with Gasteiger partial charge in [0, 0.05) is 29.8 Å². The summed E-state index contributed by atoms with van der Waals surface area (Å²) in [6.45, 7) is 7.64. The third-order valence-corrected chi connectivity index (χ3v) is 4.81. The molecule has 1 aromatic rings. The maximum atomic E-state index is 5.89. The summed E-state index contributed by atoms with van der Waals surface area (Å²) < 4.78 is 1.12. The Labute approximate surface area is 125 Å². The van der Waals surface area contributed by atoms with Crippen LogP contribution in [-0.4, -0.2) is 13.1 Å². The quantitative estimate of drug-likeness (QED) is 0.904. The van der Waals surface area contributed by atoms with Gasteiger partial charge in [0.05, 0.1) is 0 Å². The van der Waals surface area contributed by atoms with Crippen molar-refractivity contribution in [1.82, 2.24) is 0 Å². The van der Waals surface area contributed by atoms with E-state index in [1.807, 2.05) is 0 Å². The zero-order valence-electron chi connectivity index (χ0n) is 12.0. The van der Waals surface area contributed by atoms with E-state index < -0.39 is 0 Å². The fourth-order valence-electron chi connectivity index (χ4n) is 3.06. The van der Waals surface area contributed by atoms with Crippen molar-refractivity contribution in [1.29, 1.82) is 0 Å². The Kier molecular flexibility index (Phi) is 5.28. The third kappa shape index (κ3) is 3.73. The van der Waals surface area contributed by atoms with Crippen molar-refractivity contribution in [2.75, 3.05) is 18.0 Å². The van der Waals surface area contributed by atoms with Crippen molar-refractivity contribution < 1.29 is 0 Å². The van der Waals surface area contributed by atoms with E-state index in [2.05, 4.69) is 52.9 Å². The summed E-state index contributed by atoms with van der Waals surface area (Å²) in [7, 11) is 0. The molecule has 1 fully saturated rings. The molecule has 3 heteroatoms. The molecule has 0 spiro atoms. The molecule has 1 aliphatic rings. The molecule has 19 heavy (non-hydrogen) atoms. The van der Waals surface area contributed by atoms with Crippen molar-refractivity contribution in [3.63, 3.8) is 0 Å². The Balaban J connectivity index is 2.14. The molecule has 1 unspecified atom stereocenters. The topological polar surface area (TPSA) is 29.3 Å². The van der Waals surface area contributed by atoms with Gasteiger partial charge in [-0.25, -0.2) is 0 Å². The van der Waals surface area contributed by atoms with Crippen LogP contribution in [0.1, 0.15) is 38.7 Å². The standard InChI is InChI=1S/C16H25BrN2/c1-12(2)13-4-3-8-19(9-7-13)16-6-5-15(17)10-14(16)11-18/h5-6,10,12-13H,3-4,7-9,11,18H2,1-2H3. The summed E-state index contributed by atoms with van der Waals surface area (Å²) in [6.07, 6.45) is 3.96. The Bertz CT molecular complexity index is 417. The minimum Gasteiger partial charge on any atom is -0.371 e. The molecule has 0 amide bonds. The maximum absolute atomic E-state index is 5.89. The molecular formula is C16H25BrN2. The highest BCUT2D eigenvalue weighted by atomic mass is 79.9. The number of benzene rings is 1. The number of nitrogens with zero attached hydrogens (tertiary/aromatic N) is 1.